The van der Waals surface area contributed by atoms with Gasteiger partial charge in [0, 0.05) is 31.6 Å². The van der Waals surface area contributed by atoms with Gasteiger partial charge in [0.1, 0.15) is 5.82 Å². The minimum atomic E-state index is -0.294. The summed E-state index contributed by atoms with van der Waals surface area (Å²) in [5.74, 6) is -0.218. The van der Waals surface area contributed by atoms with Crippen molar-refractivity contribution < 1.29 is 9.18 Å². The van der Waals surface area contributed by atoms with E-state index in [9.17, 15) is 9.18 Å². The molecule has 1 N–H and O–H groups in total. The quantitative estimate of drug-likeness (QED) is 0.916. The van der Waals surface area contributed by atoms with Crippen molar-refractivity contribution in [3.8, 4) is 0 Å². The van der Waals surface area contributed by atoms with Crippen LogP contribution in [0.1, 0.15) is 19.4 Å². The lowest BCUT2D eigenvalue weighted by Gasteiger charge is -2.35. The molecule has 2 atom stereocenters. The van der Waals surface area contributed by atoms with Crippen LogP contribution in [0, 0.1) is 5.82 Å². The van der Waals surface area contributed by atoms with Crippen molar-refractivity contribution >= 4 is 30.6 Å². The molecule has 1 aliphatic heterocycles. The predicted octanol–water partition coefficient (Wildman–Crippen LogP) is 2.46. The second-order valence-corrected chi connectivity index (χ2v) is 5.47. The van der Waals surface area contributed by atoms with Crippen LogP contribution in [0.4, 0.5) is 4.39 Å². The van der Waals surface area contributed by atoms with E-state index in [-0.39, 0.29) is 42.8 Å². The van der Waals surface area contributed by atoms with E-state index in [1.807, 2.05) is 0 Å². The van der Waals surface area contributed by atoms with Gasteiger partial charge in [-0.05, 0) is 25.5 Å². The number of nitrogens with zero attached hydrogens (tertiary/aromatic N) is 1. The Hall–Kier alpha value is -0.680. The molecule has 1 aromatic rings. The van der Waals surface area contributed by atoms with Crippen LogP contribution in [0.25, 0.3) is 0 Å². The van der Waals surface area contributed by atoms with Gasteiger partial charge in [0.2, 0.25) is 0 Å². The molecular formula is C15H23Cl2FN2O. The molecular weight excluding hydrogens is 314 g/mol. The first-order chi connectivity index (χ1) is 9.04. The van der Waals surface area contributed by atoms with Gasteiger partial charge in [-0.1, -0.05) is 18.2 Å². The van der Waals surface area contributed by atoms with Gasteiger partial charge in [0.25, 0.3) is 0 Å². The van der Waals surface area contributed by atoms with Gasteiger partial charge < -0.3 is 5.32 Å². The van der Waals surface area contributed by atoms with Gasteiger partial charge in [0.15, 0.2) is 5.78 Å². The highest BCUT2D eigenvalue weighted by molar-refractivity contribution is 5.85. The van der Waals surface area contributed by atoms with Crippen molar-refractivity contribution in [2.45, 2.75) is 32.4 Å². The third-order valence-corrected chi connectivity index (χ3v) is 3.38. The van der Waals surface area contributed by atoms with Gasteiger partial charge in [-0.2, -0.15) is 0 Å². The van der Waals surface area contributed by atoms with Crippen LogP contribution in [0.2, 0.25) is 0 Å². The molecule has 0 bridgehead atoms. The second-order valence-electron chi connectivity index (χ2n) is 5.47. The Balaban J connectivity index is 0.00000200. The van der Waals surface area contributed by atoms with E-state index in [1.165, 1.54) is 6.07 Å². The molecule has 0 saturated carbocycles. The maximum atomic E-state index is 13.5. The summed E-state index contributed by atoms with van der Waals surface area (Å²) in [7, 11) is 0. The van der Waals surface area contributed by atoms with E-state index in [1.54, 1.807) is 18.2 Å². The van der Waals surface area contributed by atoms with Crippen molar-refractivity contribution in [1.29, 1.82) is 0 Å². The van der Waals surface area contributed by atoms with Crippen molar-refractivity contribution in [2.24, 2.45) is 0 Å². The van der Waals surface area contributed by atoms with Crippen LogP contribution in [0.3, 0.4) is 0 Å². The van der Waals surface area contributed by atoms with Gasteiger partial charge in [0.05, 0.1) is 6.54 Å². The number of Topliss-reactive ketones (excluding diaryl/α,β-unsaturated/α-hetero) is 1. The SMILES string of the molecule is CC1CN(CC(=O)Cc2ccccc2F)CC(C)N1.Cl.Cl. The van der Waals surface area contributed by atoms with E-state index in [0.717, 1.165) is 13.1 Å². The zero-order valence-corrected chi connectivity index (χ0v) is 14.0. The zero-order valence-electron chi connectivity index (χ0n) is 12.3. The predicted molar refractivity (Wildman–Crippen MR) is 88.1 cm³/mol. The number of hydrogen-bond donors (Lipinski definition) is 1. The van der Waals surface area contributed by atoms with Crippen LogP contribution in [-0.4, -0.2) is 42.4 Å². The number of halogens is 3. The average Bonchev–Trinajstić information content (AvgIpc) is 2.30. The summed E-state index contributed by atoms with van der Waals surface area (Å²) in [4.78, 5) is 14.2. The second kappa shape index (κ2) is 9.36. The molecule has 1 aromatic carbocycles. The fourth-order valence-corrected chi connectivity index (χ4v) is 2.73. The normalized spacial score (nSPS) is 22.0. The van der Waals surface area contributed by atoms with Crippen LogP contribution in [-0.2, 0) is 11.2 Å². The molecule has 0 spiro atoms. The van der Waals surface area contributed by atoms with Crippen molar-refractivity contribution in [3.05, 3.63) is 35.6 Å². The standard InChI is InChI=1S/C15H21FN2O.2ClH/c1-11-8-18(9-12(2)17-11)10-14(19)7-13-5-3-4-6-15(13)16;;/h3-6,11-12,17H,7-10H2,1-2H3;2*1H. The molecule has 0 radical (unpaired) electrons. The minimum Gasteiger partial charge on any atom is -0.309 e. The molecule has 1 heterocycles. The summed E-state index contributed by atoms with van der Waals surface area (Å²) >= 11 is 0. The van der Waals surface area contributed by atoms with Crippen LogP contribution < -0.4 is 5.32 Å². The van der Waals surface area contributed by atoms with Crippen molar-refractivity contribution in [3.63, 3.8) is 0 Å². The minimum absolute atomic E-state index is 0. The molecule has 0 amide bonds. The number of rotatable bonds is 4. The third-order valence-electron chi connectivity index (χ3n) is 3.38. The summed E-state index contributed by atoms with van der Waals surface area (Å²) in [5.41, 5.74) is 0.490. The Bertz CT molecular complexity index is 449. The lowest BCUT2D eigenvalue weighted by Crippen LogP contribution is -2.55. The molecule has 0 aliphatic carbocycles. The number of ketones is 1. The number of nitrogens with one attached hydrogen (secondary N) is 1. The number of carbonyl (C=O) groups excluding carboxylic acids is 1. The van der Waals surface area contributed by atoms with E-state index in [4.69, 9.17) is 0 Å². The van der Waals surface area contributed by atoms with Crippen molar-refractivity contribution in [2.75, 3.05) is 19.6 Å². The first-order valence-electron chi connectivity index (χ1n) is 6.78. The molecule has 1 fully saturated rings. The van der Waals surface area contributed by atoms with E-state index in [2.05, 4.69) is 24.1 Å². The molecule has 1 saturated heterocycles. The highest BCUT2D eigenvalue weighted by atomic mass is 35.5. The molecule has 21 heavy (non-hydrogen) atoms. The molecule has 3 nitrogen and oxygen atoms in total. The van der Waals surface area contributed by atoms with Gasteiger partial charge in [-0.25, -0.2) is 4.39 Å². The van der Waals surface area contributed by atoms with E-state index >= 15 is 0 Å². The molecule has 6 heteroatoms. The Morgan fingerprint density at radius 1 is 1.24 bits per heavy atom. The van der Waals surface area contributed by atoms with E-state index < -0.39 is 0 Å². The summed E-state index contributed by atoms with van der Waals surface area (Å²) < 4.78 is 13.5. The topological polar surface area (TPSA) is 32.3 Å². The highest BCUT2D eigenvalue weighted by Crippen LogP contribution is 2.09. The smallest absolute Gasteiger partial charge is 0.151 e. The summed E-state index contributed by atoms with van der Waals surface area (Å²) in [6.07, 6.45) is 0.180. The molecule has 1 aliphatic rings. The number of carbonyl (C=O) groups is 1. The number of hydrogen-bond acceptors (Lipinski definition) is 3. The van der Waals surface area contributed by atoms with E-state index in [0.29, 0.717) is 24.2 Å². The Kier molecular flexibility index (Phi) is 9.06. The summed E-state index contributed by atoms with van der Waals surface area (Å²) in [6.45, 7) is 6.37. The Labute approximate surface area is 138 Å². The average molecular weight is 337 g/mol. The molecule has 0 aromatic heterocycles. The summed E-state index contributed by atoms with van der Waals surface area (Å²) in [5, 5.41) is 3.43. The van der Waals surface area contributed by atoms with Gasteiger partial charge in [-0.15, -0.1) is 24.8 Å². The first-order valence-corrected chi connectivity index (χ1v) is 6.78. The van der Waals surface area contributed by atoms with Gasteiger partial charge in [-0.3, -0.25) is 9.69 Å². The number of piperazine rings is 1. The fraction of sp³-hybridized carbons (Fsp3) is 0.533. The zero-order chi connectivity index (χ0) is 13.8. The molecule has 2 unspecified atom stereocenters. The first kappa shape index (κ1) is 20.3. The van der Waals surface area contributed by atoms with Crippen LogP contribution in [0.15, 0.2) is 24.3 Å². The van der Waals surface area contributed by atoms with Crippen LogP contribution in [0.5, 0.6) is 0 Å². The Morgan fingerprint density at radius 2 is 1.81 bits per heavy atom. The summed E-state index contributed by atoms with van der Waals surface area (Å²) in [6, 6.07) is 7.27. The fourth-order valence-electron chi connectivity index (χ4n) is 2.73. The third kappa shape index (κ3) is 6.30. The lowest BCUT2D eigenvalue weighted by molar-refractivity contribution is -0.120. The van der Waals surface area contributed by atoms with Crippen LogP contribution >= 0.6 is 24.8 Å². The Morgan fingerprint density at radius 3 is 2.38 bits per heavy atom. The number of benzene rings is 1. The van der Waals surface area contributed by atoms with Crippen molar-refractivity contribution in [1.82, 2.24) is 10.2 Å². The monoisotopic (exact) mass is 336 g/mol. The highest BCUT2D eigenvalue weighted by Gasteiger charge is 2.22. The molecule has 2 rings (SSSR count). The van der Waals surface area contributed by atoms with Gasteiger partial charge >= 0.3 is 0 Å². The maximum Gasteiger partial charge on any atom is 0.151 e. The lowest BCUT2D eigenvalue weighted by atomic mass is 10.1. The largest absolute Gasteiger partial charge is 0.309 e. The molecule has 120 valence electrons. The maximum absolute atomic E-state index is 13.5.